The first-order chi connectivity index (χ1) is 12.3. The number of aliphatic carboxylic acids is 1. The Balaban J connectivity index is 1.84. The van der Waals surface area contributed by atoms with Crippen molar-refractivity contribution in [2.75, 3.05) is 13.2 Å². The predicted molar refractivity (Wildman–Crippen MR) is 97.5 cm³/mol. The van der Waals surface area contributed by atoms with Crippen LogP contribution in [0.25, 0.3) is 0 Å². The molecule has 0 aliphatic heterocycles. The molecule has 0 aliphatic rings. The molecule has 2 N–H and O–H groups in total. The molecule has 0 saturated heterocycles. The van der Waals surface area contributed by atoms with Crippen LogP contribution >= 0.6 is 0 Å². The quantitative estimate of drug-likeness (QED) is 0.759. The average Bonchev–Trinajstić information content (AvgIpc) is 2.61. The lowest BCUT2D eigenvalue weighted by atomic mass is 10.1. The minimum absolute atomic E-state index is 0.0628. The van der Waals surface area contributed by atoms with Crippen molar-refractivity contribution in [3.63, 3.8) is 0 Å². The van der Waals surface area contributed by atoms with E-state index in [2.05, 4.69) is 5.32 Å². The fraction of sp³-hybridized carbons (Fsp3) is 0.300. The minimum Gasteiger partial charge on any atom is -0.484 e. The van der Waals surface area contributed by atoms with Crippen molar-refractivity contribution in [3.05, 3.63) is 59.2 Å². The second-order valence-corrected chi connectivity index (χ2v) is 6.08. The van der Waals surface area contributed by atoms with Crippen molar-refractivity contribution in [2.24, 2.45) is 0 Å². The maximum absolute atomic E-state index is 12.1. The van der Waals surface area contributed by atoms with Crippen molar-refractivity contribution < 1.29 is 24.2 Å². The molecule has 6 heteroatoms. The van der Waals surface area contributed by atoms with E-state index >= 15 is 0 Å². The van der Waals surface area contributed by atoms with Crippen LogP contribution in [0.4, 0.5) is 0 Å². The van der Waals surface area contributed by atoms with Crippen molar-refractivity contribution in [2.45, 2.75) is 26.8 Å². The summed E-state index contributed by atoms with van der Waals surface area (Å²) in [6.45, 7) is 5.43. The highest BCUT2D eigenvalue weighted by atomic mass is 16.5. The van der Waals surface area contributed by atoms with E-state index < -0.39 is 5.97 Å². The highest BCUT2D eigenvalue weighted by Crippen LogP contribution is 2.18. The smallest absolute Gasteiger partial charge is 0.341 e. The van der Waals surface area contributed by atoms with E-state index in [4.69, 9.17) is 14.6 Å². The van der Waals surface area contributed by atoms with Gasteiger partial charge < -0.3 is 19.9 Å². The number of hydrogen-bond acceptors (Lipinski definition) is 4. The SMILES string of the molecule is Cc1ccc(OCC(=O)NC(C)c2ccc(OCC(=O)O)cc2)cc1C. The van der Waals surface area contributed by atoms with Gasteiger partial charge in [-0.05, 0) is 61.7 Å². The zero-order valence-electron chi connectivity index (χ0n) is 15.1. The van der Waals surface area contributed by atoms with Crippen LogP contribution in [0.1, 0.15) is 29.7 Å². The van der Waals surface area contributed by atoms with Gasteiger partial charge in [0.15, 0.2) is 13.2 Å². The second-order valence-electron chi connectivity index (χ2n) is 6.08. The van der Waals surface area contributed by atoms with Crippen LogP contribution in [0.3, 0.4) is 0 Å². The first-order valence-corrected chi connectivity index (χ1v) is 8.29. The van der Waals surface area contributed by atoms with Gasteiger partial charge in [0.05, 0.1) is 6.04 Å². The van der Waals surface area contributed by atoms with E-state index in [0.717, 1.165) is 11.1 Å². The molecule has 6 nitrogen and oxygen atoms in total. The van der Waals surface area contributed by atoms with Crippen molar-refractivity contribution in [1.82, 2.24) is 5.32 Å². The molecule has 2 rings (SSSR count). The summed E-state index contributed by atoms with van der Waals surface area (Å²) < 4.78 is 10.6. The van der Waals surface area contributed by atoms with Gasteiger partial charge in [-0.25, -0.2) is 4.79 Å². The van der Waals surface area contributed by atoms with Crippen LogP contribution in [0.15, 0.2) is 42.5 Å². The number of rotatable bonds is 8. The van der Waals surface area contributed by atoms with Crippen molar-refractivity contribution >= 4 is 11.9 Å². The molecule has 0 aliphatic carbocycles. The molecule has 0 radical (unpaired) electrons. The number of hydrogen-bond donors (Lipinski definition) is 2. The van der Waals surface area contributed by atoms with Crippen LogP contribution < -0.4 is 14.8 Å². The molecule has 0 fully saturated rings. The summed E-state index contributed by atoms with van der Waals surface area (Å²) in [6.07, 6.45) is 0. The normalized spacial score (nSPS) is 11.5. The molecule has 2 aromatic carbocycles. The number of aryl methyl sites for hydroxylation is 2. The maximum Gasteiger partial charge on any atom is 0.341 e. The predicted octanol–water partition coefficient (Wildman–Crippen LogP) is 3.02. The Kier molecular flexibility index (Phi) is 6.60. The van der Waals surface area contributed by atoms with Gasteiger partial charge in [0.25, 0.3) is 5.91 Å². The van der Waals surface area contributed by atoms with Gasteiger partial charge in [-0.2, -0.15) is 0 Å². The lowest BCUT2D eigenvalue weighted by molar-refractivity contribution is -0.139. The van der Waals surface area contributed by atoms with E-state index in [1.165, 1.54) is 5.56 Å². The zero-order valence-corrected chi connectivity index (χ0v) is 15.1. The molecule has 0 heterocycles. The van der Waals surface area contributed by atoms with Crippen molar-refractivity contribution in [1.29, 1.82) is 0 Å². The summed E-state index contributed by atoms with van der Waals surface area (Å²) in [5.74, 6) is -0.121. The van der Waals surface area contributed by atoms with Crippen LogP contribution in [0.5, 0.6) is 11.5 Å². The Morgan fingerprint density at radius 2 is 1.58 bits per heavy atom. The molecule has 26 heavy (non-hydrogen) atoms. The number of amides is 1. The van der Waals surface area contributed by atoms with E-state index in [0.29, 0.717) is 11.5 Å². The molecule has 0 saturated carbocycles. The van der Waals surface area contributed by atoms with E-state index in [9.17, 15) is 9.59 Å². The molecule has 138 valence electrons. The number of benzene rings is 2. The summed E-state index contributed by atoms with van der Waals surface area (Å²) in [7, 11) is 0. The van der Waals surface area contributed by atoms with Gasteiger partial charge in [-0.1, -0.05) is 18.2 Å². The lowest BCUT2D eigenvalue weighted by Crippen LogP contribution is -2.31. The van der Waals surface area contributed by atoms with Gasteiger partial charge in [-0.3, -0.25) is 4.79 Å². The zero-order chi connectivity index (χ0) is 19.1. The number of nitrogens with one attached hydrogen (secondary N) is 1. The molecule has 1 atom stereocenters. The van der Waals surface area contributed by atoms with Crippen molar-refractivity contribution in [3.8, 4) is 11.5 Å². The van der Waals surface area contributed by atoms with Gasteiger partial charge in [0.1, 0.15) is 11.5 Å². The third kappa shape index (κ3) is 5.81. The van der Waals surface area contributed by atoms with Crippen LogP contribution in [-0.4, -0.2) is 30.2 Å². The second kappa shape index (κ2) is 8.89. The standard InChI is InChI=1S/C20H23NO5/c1-13-4-7-18(10-14(13)2)25-11-19(22)21-15(3)16-5-8-17(9-6-16)26-12-20(23)24/h4-10,15H,11-12H2,1-3H3,(H,21,22)(H,23,24). The van der Waals surface area contributed by atoms with Gasteiger partial charge in [-0.15, -0.1) is 0 Å². The number of carboxylic acids is 1. The number of carbonyl (C=O) groups excluding carboxylic acids is 1. The monoisotopic (exact) mass is 357 g/mol. The minimum atomic E-state index is -1.03. The highest BCUT2D eigenvalue weighted by molar-refractivity contribution is 5.78. The van der Waals surface area contributed by atoms with Crippen LogP contribution in [0.2, 0.25) is 0 Å². The summed E-state index contributed by atoms with van der Waals surface area (Å²) in [6, 6.07) is 12.4. The lowest BCUT2D eigenvalue weighted by Gasteiger charge is -2.15. The number of carboxylic acid groups (broad SMARTS) is 1. The first kappa shape index (κ1) is 19.3. The van der Waals surface area contributed by atoms with Gasteiger partial charge >= 0.3 is 5.97 Å². The third-order valence-corrected chi connectivity index (χ3v) is 3.97. The Morgan fingerprint density at radius 1 is 0.962 bits per heavy atom. The first-order valence-electron chi connectivity index (χ1n) is 8.29. The fourth-order valence-corrected chi connectivity index (χ4v) is 2.32. The Hall–Kier alpha value is -3.02. The topological polar surface area (TPSA) is 84.9 Å². The van der Waals surface area contributed by atoms with E-state index in [-0.39, 0.29) is 25.2 Å². The summed E-state index contributed by atoms with van der Waals surface area (Å²) in [5, 5.41) is 11.5. The third-order valence-electron chi connectivity index (χ3n) is 3.97. The average molecular weight is 357 g/mol. The Morgan fingerprint density at radius 3 is 2.19 bits per heavy atom. The summed E-state index contributed by atoms with van der Waals surface area (Å²) in [5.41, 5.74) is 3.17. The maximum atomic E-state index is 12.1. The highest BCUT2D eigenvalue weighted by Gasteiger charge is 2.11. The molecule has 1 amide bonds. The van der Waals surface area contributed by atoms with Crippen LogP contribution in [-0.2, 0) is 9.59 Å². The molecule has 0 aromatic heterocycles. The van der Waals surface area contributed by atoms with E-state index in [1.807, 2.05) is 39.0 Å². The molecular formula is C20H23NO5. The van der Waals surface area contributed by atoms with Gasteiger partial charge in [0, 0.05) is 0 Å². The molecule has 0 spiro atoms. The molecule has 0 bridgehead atoms. The van der Waals surface area contributed by atoms with Crippen LogP contribution in [0, 0.1) is 13.8 Å². The largest absolute Gasteiger partial charge is 0.484 e. The van der Waals surface area contributed by atoms with E-state index in [1.54, 1.807) is 24.3 Å². The molecule has 1 unspecified atom stereocenters. The Bertz CT molecular complexity index is 770. The Labute approximate surface area is 152 Å². The summed E-state index contributed by atoms with van der Waals surface area (Å²) >= 11 is 0. The molecule has 2 aromatic rings. The number of carbonyl (C=O) groups is 2. The van der Waals surface area contributed by atoms with Gasteiger partial charge in [0.2, 0.25) is 0 Å². The fourth-order valence-electron chi connectivity index (χ4n) is 2.32. The summed E-state index contributed by atoms with van der Waals surface area (Å²) in [4.78, 5) is 22.6. The number of ether oxygens (including phenoxy) is 2. The molecular weight excluding hydrogens is 334 g/mol.